The second-order valence-electron chi connectivity index (χ2n) is 8.12. The van der Waals surface area contributed by atoms with E-state index in [0.29, 0.717) is 6.42 Å². The number of carbonyl (C=O) groups is 4. The molecule has 1 aromatic heterocycles. The number of hydrogen-bond acceptors (Lipinski definition) is 6. The molecule has 1 aromatic carbocycles. The molecule has 34 heavy (non-hydrogen) atoms. The summed E-state index contributed by atoms with van der Waals surface area (Å²) in [5.41, 5.74) is 8.68. The zero-order valence-corrected chi connectivity index (χ0v) is 19.9. The van der Waals surface area contributed by atoms with Gasteiger partial charge in [0.15, 0.2) is 0 Å². The lowest BCUT2D eigenvalue weighted by atomic mass is 10.0. The van der Waals surface area contributed by atoms with E-state index in [1.54, 1.807) is 11.3 Å². The summed E-state index contributed by atoms with van der Waals surface area (Å²) in [5, 5.41) is 25.5. The molecule has 10 heteroatoms. The van der Waals surface area contributed by atoms with Gasteiger partial charge in [-0.25, -0.2) is 0 Å². The van der Waals surface area contributed by atoms with Gasteiger partial charge in [0.05, 0.1) is 6.04 Å². The van der Waals surface area contributed by atoms with E-state index in [1.807, 2.05) is 24.3 Å². The number of thiophene rings is 1. The molecule has 2 amide bonds. The molecule has 2 aromatic rings. The van der Waals surface area contributed by atoms with Gasteiger partial charge in [-0.1, -0.05) is 24.3 Å². The van der Waals surface area contributed by atoms with Gasteiger partial charge >= 0.3 is 11.9 Å². The first-order valence-electron chi connectivity index (χ1n) is 11.0. The fourth-order valence-corrected chi connectivity index (χ4v) is 4.40. The van der Waals surface area contributed by atoms with Gasteiger partial charge < -0.3 is 26.6 Å². The quantitative estimate of drug-likeness (QED) is 0.257. The summed E-state index contributed by atoms with van der Waals surface area (Å²) in [6.07, 6.45) is 0.513. The third-order valence-corrected chi connectivity index (χ3v) is 6.46. The Bertz CT molecular complexity index is 989. The number of nitrogens with two attached hydrogens (primary N) is 1. The third kappa shape index (κ3) is 9.32. The molecule has 184 valence electrons. The van der Waals surface area contributed by atoms with Gasteiger partial charge in [0, 0.05) is 36.7 Å². The van der Waals surface area contributed by atoms with Crippen molar-refractivity contribution >= 4 is 35.1 Å². The van der Waals surface area contributed by atoms with Crippen molar-refractivity contribution < 1.29 is 29.4 Å². The molecule has 9 nitrogen and oxygen atoms in total. The summed E-state index contributed by atoms with van der Waals surface area (Å²) >= 11 is 1.68. The second kappa shape index (κ2) is 13.5. The van der Waals surface area contributed by atoms with E-state index in [-0.39, 0.29) is 44.6 Å². The monoisotopic (exact) mass is 489 g/mol. The zero-order valence-electron chi connectivity index (χ0n) is 19.1. The molecule has 0 fully saturated rings. The number of aliphatic carboxylic acids is 2. The van der Waals surface area contributed by atoms with Crippen LogP contribution < -0.4 is 16.4 Å². The summed E-state index contributed by atoms with van der Waals surface area (Å²) in [5.74, 6) is -3.00. The summed E-state index contributed by atoms with van der Waals surface area (Å²) < 4.78 is 0. The van der Waals surface area contributed by atoms with Crippen molar-refractivity contribution in [3.05, 3.63) is 46.8 Å². The first-order valence-corrected chi connectivity index (χ1v) is 11.9. The summed E-state index contributed by atoms with van der Waals surface area (Å²) in [6, 6.07) is 8.70. The van der Waals surface area contributed by atoms with Crippen molar-refractivity contribution in [1.29, 1.82) is 0 Å². The number of benzene rings is 1. The summed E-state index contributed by atoms with van der Waals surface area (Å²) in [6.45, 7) is 2.17. The number of primary amides is 1. The number of carboxylic acids is 2. The normalized spacial score (nSPS) is 12.6. The maximum atomic E-state index is 12.5. The largest absolute Gasteiger partial charge is 0.481 e. The SMILES string of the molecule is Cc1ccsc1-c1ccc(CCC(=O)NC(CCC(=O)O)CNC(CCC(=O)O)C(N)=O)cc1. The van der Waals surface area contributed by atoms with Crippen LogP contribution in [0.15, 0.2) is 35.7 Å². The number of nitrogens with one attached hydrogen (secondary N) is 2. The van der Waals surface area contributed by atoms with Gasteiger partial charge in [-0.3, -0.25) is 19.2 Å². The van der Waals surface area contributed by atoms with Crippen LogP contribution in [0.25, 0.3) is 10.4 Å². The number of carbonyl (C=O) groups excluding carboxylic acids is 2. The fraction of sp³-hybridized carbons (Fsp3) is 0.417. The van der Waals surface area contributed by atoms with Crippen molar-refractivity contribution in [2.45, 2.75) is 57.5 Å². The van der Waals surface area contributed by atoms with Crippen LogP contribution in [0.2, 0.25) is 0 Å². The Morgan fingerprint density at radius 2 is 1.62 bits per heavy atom. The van der Waals surface area contributed by atoms with E-state index in [4.69, 9.17) is 15.9 Å². The Balaban J connectivity index is 1.89. The van der Waals surface area contributed by atoms with E-state index in [2.05, 4.69) is 29.0 Å². The molecule has 0 saturated carbocycles. The van der Waals surface area contributed by atoms with Crippen LogP contribution in [0.3, 0.4) is 0 Å². The third-order valence-electron chi connectivity index (χ3n) is 5.39. The van der Waals surface area contributed by atoms with E-state index in [9.17, 15) is 19.2 Å². The molecule has 0 radical (unpaired) electrons. The van der Waals surface area contributed by atoms with Crippen LogP contribution in [-0.4, -0.2) is 52.6 Å². The minimum absolute atomic E-state index is 0.00521. The van der Waals surface area contributed by atoms with Gasteiger partial charge in [0.25, 0.3) is 0 Å². The second-order valence-corrected chi connectivity index (χ2v) is 9.04. The Kier molecular flexibility index (Phi) is 10.7. The van der Waals surface area contributed by atoms with Crippen molar-refractivity contribution in [2.75, 3.05) is 6.54 Å². The van der Waals surface area contributed by atoms with Crippen LogP contribution >= 0.6 is 11.3 Å². The van der Waals surface area contributed by atoms with Crippen molar-refractivity contribution in [3.63, 3.8) is 0 Å². The van der Waals surface area contributed by atoms with Gasteiger partial charge in [-0.05, 0) is 54.3 Å². The Labute approximate surface area is 202 Å². The average molecular weight is 490 g/mol. The lowest BCUT2D eigenvalue weighted by Crippen LogP contribution is -2.49. The predicted octanol–water partition coefficient (Wildman–Crippen LogP) is 2.31. The number of amides is 2. The van der Waals surface area contributed by atoms with Crippen LogP contribution in [0.1, 0.15) is 43.2 Å². The fourth-order valence-electron chi connectivity index (χ4n) is 3.47. The smallest absolute Gasteiger partial charge is 0.303 e. The molecule has 0 aliphatic carbocycles. The highest BCUT2D eigenvalue weighted by Gasteiger charge is 2.20. The topological polar surface area (TPSA) is 159 Å². The molecule has 0 spiro atoms. The zero-order chi connectivity index (χ0) is 25.1. The number of hydrogen-bond donors (Lipinski definition) is 5. The molecule has 0 aliphatic rings. The number of carboxylic acid groups (broad SMARTS) is 2. The Morgan fingerprint density at radius 1 is 0.971 bits per heavy atom. The maximum Gasteiger partial charge on any atom is 0.303 e. The van der Waals surface area contributed by atoms with Crippen LogP contribution in [0, 0.1) is 6.92 Å². The molecule has 2 atom stereocenters. The van der Waals surface area contributed by atoms with E-state index in [0.717, 1.165) is 11.1 Å². The minimum Gasteiger partial charge on any atom is -0.481 e. The highest BCUT2D eigenvalue weighted by atomic mass is 32.1. The van der Waals surface area contributed by atoms with E-state index in [1.165, 1.54) is 10.4 Å². The van der Waals surface area contributed by atoms with E-state index < -0.39 is 29.9 Å². The molecule has 6 N–H and O–H groups in total. The van der Waals surface area contributed by atoms with Gasteiger partial charge in [-0.15, -0.1) is 11.3 Å². The summed E-state index contributed by atoms with van der Waals surface area (Å²) in [7, 11) is 0. The van der Waals surface area contributed by atoms with Crippen molar-refractivity contribution in [3.8, 4) is 10.4 Å². The minimum atomic E-state index is -1.05. The van der Waals surface area contributed by atoms with Gasteiger partial charge in [0.1, 0.15) is 0 Å². The van der Waals surface area contributed by atoms with E-state index >= 15 is 0 Å². The number of aryl methyl sites for hydroxylation is 2. The number of rotatable bonds is 15. The highest BCUT2D eigenvalue weighted by Crippen LogP contribution is 2.29. The molecular formula is C24H31N3O6S. The Hall–Kier alpha value is -3.24. The van der Waals surface area contributed by atoms with Crippen LogP contribution in [-0.2, 0) is 25.6 Å². The molecule has 0 bridgehead atoms. The van der Waals surface area contributed by atoms with Gasteiger partial charge in [-0.2, -0.15) is 0 Å². The average Bonchev–Trinajstić information content (AvgIpc) is 3.21. The molecular weight excluding hydrogens is 458 g/mol. The lowest BCUT2D eigenvalue weighted by Gasteiger charge is -2.22. The summed E-state index contributed by atoms with van der Waals surface area (Å²) in [4.78, 5) is 47.1. The molecule has 0 aliphatic heterocycles. The molecule has 1 heterocycles. The predicted molar refractivity (Wildman–Crippen MR) is 129 cm³/mol. The van der Waals surface area contributed by atoms with Crippen LogP contribution in [0.5, 0.6) is 0 Å². The van der Waals surface area contributed by atoms with Gasteiger partial charge in [0.2, 0.25) is 11.8 Å². The Morgan fingerprint density at radius 3 is 2.18 bits per heavy atom. The molecule has 2 unspecified atom stereocenters. The van der Waals surface area contributed by atoms with Crippen molar-refractivity contribution in [2.24, 2.45) is 5.73 Å². The lowest BCUT2D eigenvalue weighted by molar-refractivity contribution is -0.138. The molecule has 0 saturated heterocycles. The maximum absolute atomic E-state index is 12.5. The standard InChI is InChI=1S/C24H31N3O6S/c1-15-12-13-34-23(15)17-5-2-16(3-6-17)4-9-20(28)27-18(7-10-21(29)30)14-26-19(24(25)33)8-11-22(31)32/h2-3,5-6,12-13,18-19,26H,4,7-11,14H2,1H3,(H2,25,33)(H,27,28)(H,29,30)(H,31,32). The first kappa shape index (κ1) is 27.0. The molecule has 2 rings (SSSR count). The van der Waals surface area contributed by atoms with Crippen LogP contribution in [0.4, 0.5) is 0 Å². The first-order chi connectivity index (χ1) is 16.2. The van der Waals surface area contributed by atoms with Crippen molar-refractivity contribution in [1.82, 2.24) is 10.6 Å². The highest BCUT2D eigenvalue weighted by molar-refractivity contribution is 7.13.